The minimum Gasteiger partial charge on any atom is -0.450 e. The molecular formula is C11H17N3O2. The van der Waals surface area contributed by atoms with Crippen molar-refractivity contribution in [3.05, 3.63) is 18.7 Å². The normalized spacial score (nSPS) is 24.3. The number of rotatable bonds is 3. The molecule has 1 N–H and O–H groups in total. The number of imidazole rings is 1. The van der Waals surface area contributed by atoms with Crippen LogP contribution in [-0.2, 0) is 4.74 Å². The average Bonchev–Trinajstić information content (AvgIpc) is 2.86. The fourth-order valence-electron chi connectivity index (χ4n) is 2.26. The zero-order chi connectivity index (χ0) is 11.4. The zero-order valence-electron chi connectivity index (χ0n) is 9.43. The van der Waals surface area contributed by atoms with E-state index in [1.54, 1.807) is 12.5 Å². The number of ether oxygens (including phenoxy) is 1. The van der Waals surface area contributed by atoms with Gasteiger partial charge in [-0.3, -0.25) is 0 Å². The molecule has 0 aliphatic heterocycles. The number of amides is 1. The molecule has 0 saturated heterocycles. The molecular weight excluding hydrogens is 206 g/mol. The third-order valence-corrected chi connectivity index (χ3v) is 2.97. The number of nitrogens with zero attached hydrogens (tertiary/aromatic N) is 2. The van der Waals surface area contributed by atoms with Crippen LogP contribution >= 0.6 is 0 Å². The topological polar surface area (TPSA) is 56.1 Å². The monoisotopic (exact) mass is 223 g/mol. The zero-order valence-corrected chi connectivity index (χ0v) is 9.43. The Balaban J connectivity index is 1.96. The molecule has 1 fully saturated rings. The van der Waals surface area contributed by atoms with E-state index in [4.69, 9.17) is 4.74 Å². The number of carbonyl (C=O) groups is 1. The molecule has 0 radical (unpaired) electrons. The van der Waals surface area contributed by atoms with Gasteiger partial charge in [-0.05, 0) is 26.2 Å². The fraction of sp³-hybridized carbons (Fsp3) is 0.636. The molecule has 1 aliphatic rings. The first-order chi connectivity index (χ1) is 7.81. The molecule has 2 unspecified atom stereocenters. The van der Waals surface area contributed by atoms with Crippen molar-refractivity contribution in [3.63, 3.8) is 0 Å². The lowest BCUT2D eigenvalue weighted by Gasteiger charge is -2.21. The molecule has 5 heteroatoms. The maximum atomic E-state index is 11.4. The second kappa shape index (κ2) is 5.01. The Bertz CT molecular complexity index is 337. The summed E-state index contributed by atoms with van der Waals surface area (Å²) in [4.78, 5) is 15.4. The summed E-state index contributed by atoms with van der Waals surface area (Å²) in [6, 6.07) is 0.472. The lowest BCUT2D eigenvalue weighted by molar-refractivity contribution is 0.145. The second-order valence-electron chi connectivity index (χ2n) is 3.98. The number of aromatic nitrogens is 2. The van der Waals surface area contributed by atoms with E-state index in [-0.39, 0.29) is 12.1 Å². The molecule has 1 aliphatic carbocycles. The van der Waals surface area contributed by atoms with Crippen molar-refractivity contribution in [2.24, 2.45) is 0 Å². The van der Waals surface area contributed by atoms with E-state index in [9.17, 15) is 4.79 Å². The summed E-state index contributed by atoms with van der Waals surface area (Å²) in [5, 5.41) is 2.91. The lowest BCUT2D eigenvalue weighted by atomic mass is 10.2. The Labute approximate surface area is 94.8 Å². The molecule has 1 amide bonds. The van der Waals surface area contributed by atoms with Crippen LogP contribution in [0.4, 0.5) is 4.79 Å². The Morgan fingerprint density at radius 3 is 3.19 bits per heavy atom. The predicted octanol–water partition coefficient (Wildman–Crippen LogP) is 1.72. The van der Waals surface area contributed by atoms with Crippen LogP contribution in [0.1, 0.15) is 32.2 Å². The van der Waals surface area contributed by atoms with Gasteiger partial charge in [-0.1, -0.05) is 0 Å². The van der Waals surface area contributed by atoms with Crippen LogP contribution in [-0.4, -0.2) is 28.3 Å². The van der Waals surface area contributed by atoms with E-state index in [0.29, 0.717) is 12.6 Å². The van der Waals surface area contributed by atoms with Gasteiger partial charge in [0.2, 0.25) is 0 Å². The van der Waals surface area contributed by atoms with Crippen molar-refractivity contribution in [2.45, 2.75) is 38.3 Å². The summed E-state index contributed by atoms with van der Waals surface area (Å²) < 4.78 is 6.95. The fourth-order valence-corrected chi connectivity index (χ4v) is 2.26. The van der Waals surface area contributed by atoms with E-state index in [0.717, 1.165) is 19.3 Å². The number of nitrogens with one attached hydrogen (secondary N) is 1. The van der Waals surface area contributed by atoms with Gasteiger partial charge in [0.25, 0.3) is 0 Å². The Hall–Kier alpha value is -1.52. The van der Waals surface area contributed by atoms with Crippen LogP contribution in [0.3, 0.4) is 0 Å². The molecule has 1 aromatic rings. The van der Waals surface area contributed by atoms with Gasteiger partial charge in [-0.2, -0.15) is 0 Å². The van der Waals surface area contributed by atoms with Crippen LogP contribution < -0.4 is 5.32 Å². The average molecular weight is 223 g/mol. The predicted molar refractivity (Wildman–Crippen MR) is 59.1 cm³/mol. The molecule has 1 saturated carbocycles. The van der Waals surface area contributed by atoms with Gasteiger partial charge in [0.1, 0.15) is 0 Å². The van der Waals surface area contributed by atoms with Crippen LogP contribution in [0.2, 0.25) is 0 Å². The largest absolute Gasteiger partial charge is 0.450 e. The molecule has 16 heavy (non-hydrogen) atoms. The standard InChI is InChI=1S/C11H17N3O2/c1-2-16-11(15)13-9-4-3-5-10(9)14-7-6-12-8-14/h6-10H,2-5H2,1H3,(H,13,15). The number of hydrogen-bond donors (Lipinski definition) is 1. The van der Waals surface area contributed by atoms with E-state index >= 15 is 0 Å². The Kier molecular flexibility index (Phi) is 3.44. The lowest BCUT2D eigenvalue weighted by Crippen LogP contribution is -2.38. The van der Waals surface area contributed by atoms with E-state index in [2.05, 4.69) is 14.9 Å². The highest BCUT2D eigenvalue weighted by Crippen LogP contribution is 2.29. The summed E-state index contributed by atoms with van der Waals surface area (Å²) >= 11 is 0. The van der Waals surface area contributed by atoms with E-state index in [1.807, 2.05) is 13.1 Å². The van der Waals surface area contributed by atoms with Crippen molar-refractivity contribution >= 4 is 6.09 Å². The summed E-state index contributed by atoms with van der Waals surface area (Å²) in [6.07, 6.45) is 8.39. The van der Waals surface area contributed by atoms with E-state index < -0.39 is 0 Å². The minimum absolute atomic E-state index is 0.160. The molecule has 0 bridgehead atoms. The number of hydrogen-bond acceptors (Lipinski definition) is 3. The third-order valence-electron chi connectivity index (χ3n) is 2.97. The quantitative estimate of drug-likeness (QED) is 0.848. The van der Waals surface area contributed by atoms with Gasteiger partial charge in [-0.15, -0.1) is 0 Å². The molecule has 2 atom stereocenters. The van der Waals surface area contributed by atoms with Crippen LogP contribution in [0, 0.1) is 0 Å². The van der Waals surface area contributed by atoms with Crippen molar-refractivity contribution in [2.75, 3.05) is 6.61 Å². The van der Waals surface area contributed by atoms with Gasteiger partial charge in [-0.25, -0.2) is 9.78 Å². The summed E-state index contributed by atoms with van der Waals surface area (Å²) in [6.45, 7) is 2.22. The molecule has 5 nitrogen and oxygen atoms in total. The Morgan fingerprint density at radius 2 is 2.50 bits per heavy atom. The molecule has 1 aromatic heterocycles. The van der Waals surface area contributed by atoms with Crippen molar-refractivity contribution in [3.8, 4) is 0 Å². The maximum Gasteiger partial charge on any atom is 0.407 e. The number of alkyl carbamates (subject to hydrolysis) is 1. The molecule has 0 aromatic carbocycles. The molecule has 0 spiro atoms. The first kappa shape index (κ1) is 11.0. The van der Waals surface area contributed by atoms with Crippen LogP contribution in [0.5, 0.6) is 0 Å². The van der Waals surface area contributed by atoms with Gasteiger partial charge < -0.3 is 14.6 Å². The summed E-state index contributed by atoms with van der Waals surface area (Å²) in [7, 11) is 0. The first-order valence-corrected chi connectivity index (χ1v) is 5.72. The van der Waals surface area contributed by atoms with Crippen molar-refractivity contribution < 1.29 is 9.53 Å². The van der Waals surface area contributed by atoms with Crippen LogP contribution in [0.15, 0.2) is 18.7 Å². The van der Waals surface area contributed by atoms with Gasteiger partial charge in [0.15, 0.2) is 0 Å². The minimum atomic E-state index is -0.320. The van der Waals surface area contributed by atoms with Gasteiger partial charge >= 0.3 is 6.09 Å². The van der Waals surface area contributed by atoms with Crippen molar-refractivity contribution in [1.29, 1.82) is 0 Å². The highest BCUT2D eigenvalue weighted by Gasteiger charge is 2.29. The molecule has 2 rings (SSSR count). The third kappa shape index (κ3) is 2.35. The number of carbonyl (C=O) groups excluding carboxylic acids is 1. The van der Waals surface area contributed by atoms with Gasteiger partial charge in [0.05, 0.1) is 25.0 Å². The smallest absolute Gasteiger partial charge is 0.407 e. The van der Waals surface area contributed by atoms with Crippen LogP contribution in [0.25, 0.3) is 0 Å². The second-order valence-corrected chi connectivity index (χ2v) is 3.98. The van der Waals surface area contributed by atoms with Crippen molar-refractivity contribution in [1.82, 2.24) is 14.9 Å². The highest BCUT2D eigenvalue weighted by atomic mass is 16.5. The van der Waals surface area contributed by atoms with Gasteiger partial charge in [0, 0.05) is 12.4 Å². The van der Waals surface area contributed by atoms with E-state index in [1.165, 1.54) is 0 Å². The molecule has 1 heterocycles. The first-order valence-electron chi connectivity index (χ1n) is 5.72. The summed E-state index contributed by atoms with van der Waals surface area (Å²) in [5.74, 6) is 0. The molecule has 88 valence electrons. The SMILES string of the molecule is CCOC(=O)NC1CCCC1n1ccnc1. The summed E-state index contributed by atoms with van der Waals surface area (Å²) in [5.41, 5.74) is 0. The highest BCUT2D eigenvalue weighted by molar-refractivity contribution is 5.67. The Morgan fingerprint density at radius 1 is 1.62 bits per heavy atom. The maximum absolute atomic E-state index is 11.4.